The number of nitrogens with zero attached hydrogens (tertiary/aromatic N) is 3. The van der Waals surface area contributed by atoms with E-state index >= 15 is 0 Å². The number of hydrogen-bond donors (Lipinski definition) is 1. The van der Waals surface area contributed by atoms with Crippen LogP contribution < -0.4 is 0 Å². The smallest absolute Gasteiger partial charge is 0.240 e. The molecule has 14 heavy (non-hydrogen) atoms. The van der Waals surface area contributed by atoms with Crippen LogP contribution >= 0.6 is 0 Å². The Morgan fingerprint density at radius 2 is 2.43 bits per heavy atom. The topological polar surface area (TPSA) is 62.4 Å². The van der Waals surface area contributed by atoms with E-state index in [0.29, 0.717) is 25.5 Å². The van der Waals surface area contributed by atoms with Crippen LogP contribution in [0.3, 0.4) is 0 Å². The van der Waals surface area contributed by atoms with E-state index in [0.717, 1.165) is 12.8 Å². The lowest BCUT2D eigenvalue weighted by Crippen LogP contribution is -2.60. The molecular weight excluding hydrogens is 182 g/mol. The fourth-order valence-corrected chi connectivity index (χ4v) is 1.98. The molecule has 0 bridgehead atoms. The number of rotatable bonds is 4. The quantitative estimate of drug-likeness (QED) is 0.757. The van der Waals surface area contributed by atoms with Gasteiger partial charge in [-0.2, -0.15) is 4.98 Å². The van der Waals surface area contributed by atoms with Gasteiger partial charge in [-0.1, -0.05) is 18.5 Å². The van der Waals surface area contributed by atoms with Crippen molar-refractivity contribution in [1.29, 1.82) is 0 Å². The van der Waals surface area contributed by atoms with Crippen molar-refractivity contribution < 1.29 is 9.63 Å². The number of likely N-dealkylation sites (tertiary alicyclic amines) is 1. The summed E-state index contributed by atoms with van der Waals surface area (Å²) in [4.78, 5) is 6.03. The summed E-state index contributed by atoms with van der Waals surface area (Å²) in [5.41, 5.74) is -0.477. The van der Waals surface area contributed by atoms with E-state index in [1.165, 1.54) is 6.33 Å². The minimum absolute atomic E-state index is 0.477. The van der Waals surface area contributed by atoms with Crippen LogP contribution in [-0.4, -0.2) is 38.8 Å². The summed E-state index contributed by atoms with van der Waals surface area (Å²) in [7, 11) is 0. The van der Waals surface area contributed by atoms with Crippen molar-refractivity contribution in [2.75, 3.05) is 13.1 Å². The van der Waals surface area contributed by atoms with Gasteiger partial charge in [0.05, 0.1) is 12.1 Å². The molecule has 5 heteroatoms. The number of aromatic nitrogens is 2. The highest BCUT2D eigenvalue weighted by molar-refractivity contribution is 4.96. The summed E-state index contributed by atoms with van der Waals surface area (Å²) in [6, 6.07) is 0. The standard InChI is InChI=1S/C9H15N3O2/c1-2-3-9(13)5-12(6-9)4-8-10-7-11-14-8/h7,13H,2-6H2,1H3. The molecule has 1 saturated heterocycles. The summed E-state index contributed by atoms with van der Waals surface area (Å²) >= 11 is 0. The maximum absolute atomic E-state index is 9.90. The first-order valence-electron chi connectivity index (χ1n) is 4.92. The Bertz CT molecular complexity index is 280. The van der Waals surface area contributed by atoms with Crippen LogP contribution in [0.1, 0.15) is 25.7 Å². The van der Waals surface area contributed by atoms with Gasteiger partial charge in [-0.25, -0.2) is 0 Å². The van der Waals surface area contributed by atoms with Crippen LogP contribution in [0.15, 0.2) is 10.9 Å². The summed E-state index contributed by atoms with van der Waals surface area (Å²) in [5, 5.41) is 13.4. The molecule has 1 N–H and O–H groups in total. The van der Waals surface area contributed by atoms with Crippen molar-refractivity contribution in [1.82, 2.24) is 15.0 Å². The monoisotopic (exact) mass is 197 g/mol. The molecule has 0 aromatic carbocycles. The zero-order valence-electron chi connectivity index (χ0n) is 8.31. The SMILES string of the molecule is CCCC1(O)CN(Cc2ncno2)C1. The number of hydrogen-bond acceptors (Lipinski definition) is 5. The predicted molar refractivity (Wildman–Crippen MR) is 49.4 cm³/mol. The van der Waals surface area contributed by atoms with Gasteiger partial charge in [0.2, 0.25) is 5.89 Å². The fourth-order valence-electron chi connectivity index (χ4n) is 1.98. The molecule has 2 heterocycles. The molecule has 0 aliphatic carbocycles. The van der Waals surface area contributed by atoms with E-state index in [2.05, 4.69) is 22.0 Å². The molecule has 0 amide bonds. The van der Waals surface area contributed by atoms with Crippen molar-refractivity contribution in [2.45, 2.75) is 31.9 Å². The maximum atomic E-state index is 9.90. The van der Waals surface area contributed by atoms with E-state index in [1.54, 1.807) is 0 Å². The van der Waals surface area contributed by atoms with Gasteiger partial charge in [-0.05, 0) is 6.42 Å². The van der Waals surface area contributed by atoms with Gasteiger partial charge in [-0.3, -0.25) is 4.90 Å². The molecule has 1 aliphatic rings. The second-order valence-electron chi connectivity index (χ2n) is 3.95. The first-order chi connectivity index (χ1) is 6.72. The molecule has 0 unspecified atom stereocenters. The average molecular weight is 197 g/mol. The van der Waals surface area contributed by atoms with Crippen LogP contribution in [-0.2, 0) is 6.54 Å². The largest absolute Gasteiger partial charge is 0.387 e. The fraction of sp³-hybridized carbons (Fsp3) is 0.778. The summed E-state index contributed by atoms with van der Waals surface area (Å²) in [5.74, 6) is 0.614. The highest BCUT2D eigenvalue weighted by Gasteiger charge is 2.40. The number of β-amino-alcohol motifs (C(OH)–C–C–N with tert-alkyl or cyclic N) is 1. The normalized spacial score (nSPS) is 20.7. The second-order valence-corrected chi connectivity index (χ2v) is 3.95. The Morgan fingerprint density at radius 3 is 3.00 bits per heavy atom. The molecule has 5 nitrogen and oxygen atoms in total. The summed E-state index contributed by atoms with van der Waals surface area (Å²) in [6.07, 6.45) is 3.28. The lowest BCUT2D eigenvalue weighted by Gasteiger charge is -2.46. The Labute approximate surface area is 82.7 Å². The van der Waals surface area contributed by atoms with Crippen LogP contribution in [0.5, 0.6) is 0 Å². The predicted octanol–water partition coefficient (Wildman–Crippen LogP) is 0.416. The van der Waals surface area contributed by atoms with Crippen LogP contribution in [0.2, 0.25) is 0 Å². The molecule has 1 aromatic rings. The van der Waals surface area contributed by atoms with Crippen LogP contribution in [0.4, 0.5) is 0 Å². The molecule has 78 valence electrons. The summed E-state index contributed by atoms with van der Waals surface area (Å²) in [6.45, 7) is 4.15. The number of aliphatic hydroxyl groups is 1. The Hall–Kier alpha value is -0.940. The highest BCUT2D eigenvalue weighted by Crippen LogP contribution is 2.26. The van der Waals surface area contributed by atoms with Gasteiger partial charge in [0.15, 0.2) is 6.33 Å². The third-order valence-electron chi connectivity index (χ3n) is 2.52. The third kappa shape index (κ3) is 1.93. The molecule has 1 aliphatic heterocycles. The molecule has 1 aromatic heterocycles. The van der Waals surface area contributed by atoms with Crippen molar-refractivity contribution in [2.24, 2.45) is 0 Å². The molecule has 0 spiro atoms. The van der Waals surface area contributed by atoms with Gasteiger partial charge >= 0.3 is 0 Å². The Kier molecular flexibility index (Phi) is 2.52. The average Bonchev–Trinajstić information content (AvgIpc) is 2.54. The minimum atomic E-state index is -0.477. The van der Waals surface area contributed by atoms with Gasteiger partial charge in [-0.15, -0.1) is 0 Å². The molecule has 0 radical (unpaired) electrons. The maximum Gasteiger partial charge on any atom is 0.240 e. The van der Waals surface area contributed by atoms with E-state index < -0.39 is 5.60 Å². The first kappa shape index (κ1) is 9.61. The van der Waals surface area contributed by atoms with Gasteiger partial charge < -0.3 is 9.63 Å². The van der Waals surface area contributed by atoms with Crippen molar-refractivity contribution in [3.05, 3.63) is 12.2 Å². The lowest BCUT2D eigenvalue weighted by atomic mass is 9.89. The van der Waals surface area contributed by atoms with Crippen molar-refractivity contribution in [3.63, 3.8) is 0 Å². The minimum Gasteiger partial charge on any atom is -0.387 e. The third-order valence-corrected chi connectivity index (χ3v) is 2.52. The van der Waals surface area contributed by atoms with Gasteiger partial charge in [0.25, 0.3) is 0 Å². The van der Waals surface area contributed by atoms with E-state index in [-0.39, 0.29) is 0 Å². The molecule has 1 fully saturated rings. The van der Waals surface area contributed by atoms with Crippen molar-refractivity contribution in [3.8, 4) is 0 Å². The van der Waals surface area contributed by atoms with Gasteiger partial charge in [0, 0.05) is 13.1 Å². The van der Waals surface area contributed by atoms with Crippen LogP contribution in [0.25, 0.3) is 0 Å². The Balaban J connectivity index is 1.78. The zero-order valence-corrected chi connectivity index (χ0v) is 8.31. The molecule has 2 rings (SSSR count). The Morgan fingerprint density at radius 1 is 1.64 bits per heavy atom. The molecule has 0 saturated carbocycles. The van der Waals surface area contributed by atoms with E-state index in [9.17, 15) is 5.11 Å². The van der Waals surface area contributed by atoms with Gasteiger partial charge in [0.1, 0.15) is 0 Å². The molecular formula is C9H15N3O2. The second kappa shape index (κ2) is 3.67. The highest BCUT2D eigenvalue weighted by atomic mass is 16.5. The summed E-state index contributed by atoms with van der Waals surface area (Å²) < 4.78 is 4.88. The lowest BCUT2D eigenvalue weighted by molar-refractivity contribution is -0.109. The van der Waals surface area contributed by atoms with E-state index in [4.69, 9.17) is 4.52 Å². The molecule has 0 atom stereocenters. The van der Waals surface area contributed by atoms with Crippen molar-refractivity contribution >= 4 is 0 Å². The van der Waals surface area contributed by atoms with E-state index in [1.807, 2.05) is 0 Å². The zero-order chi connectivity index (χ0) is 10.0. The van der Waals surface area contributed by atoms with Crippen LogP contribution in [0, 0.1) is 0 Å². The first-order valence-corrected chi connectivity index (χ1v) is 4.92.